The third-order valence-corrected chi connectivity index (χ3v) is 3.85. The van der Waals surface area contributed by atoms with Gasteiger partial charge < -0.3 is 5.73 Å². The number of benzene rings is 2. The van der Waals surface area contributed by atoms with Crippen molar-refractivity contribution in [3.8, 4) is 11.1 Å². The fourth-order valence-electron chi connectivity index (χ4n) is 1.71. The summed E-state index contributed by atoms with van der Waals surface area (Å²) >= 11 is 18.2. The second-order valence-electron chi connectivity index (χ2n) is 3.58. The molecule has 0 bridgehead atoms. The summed E-state index contributed by atoms with van der Waals surface area (Å²) in [6.45, 7) is 0.319. The Balaban J connectivity index is 2.70. The molecular weight excluding hydrogens is 277 g/mol. The molecule has 17 heavy (non-hydrogen) atoms. The van der Waals surface area contributed by atoms with E-state index in [1.165, 1.54) is 0 Å². The number of nitrogens with two attached hydrogens (primary N) is 1. The molecule has 88 valence electrons. The average Bonchev–Trinajstić information content (AvgIpc) is 2.36. The van der Waals surface area contributed by atoms with Crippen molar-refractivity contribution in [2.24, 2.45) is 5.73 Å². The van der Waals surface area contributed by atoms with Crippen LogP contribution < -0.4 is 5.73 Å². The molecule has 0 saturated carbocycles. The van der Waals surface area contributed by atoms with Crippen LogP contribution in [0.5, 0.6) is 0 Å². The predicted octanol–water partition coefficient (Wildman–Crippen LogP) is 4.77. The molecule has 2 aromatic carbocycles. The maximum Gasteiger partial charge on any atom is 0.0782 e. The van der Waals surface area contributed by atoms with Gasteiger partial charge in [-0.1, -0.05) is 65.1 Å². The van der Waals surface area contributed by atoms with E-state index in [9.17, 15) is 0 Å². The van der Waals surface area contributed by atoms with E-state index in [2.05, 4.69) is 0 Å². The van der Waals surface area contributed by atoms with Crippen molar-refractivity contribution in [1.82, 2.24) is 0 Å². The Kier molecular flexibility index (Phi) is 3.95. The van der Waals surface area contributed by atoms with E-state index in [0.29, 0.717) is 21.6 Å². The highest BCUT2D eigenvalue weighted by Crippen LogP contribution is 2.39. The third-order valence-electron chi connectivity index (χ3n) is 2.55. The van der Waals surface area contributed by atoms with Crippen molar-refractivity contribution in [2.75, 3.05) is 0 Å². The molecule has 0 aliphatic rings. The highest BCUT2D eigenvalue weighted by atomic mass is 35.5. The van der Waals surface area contributed by atoms with Gasteiger partial charge in [0.15, 0.2) is 0 Å². The largest absolute Gasteiger partial charge is 0.326 e. The Hall–Kier alpha value is -0.730. The zero-order valence-corrected chi connectivity index (χ0v) is 11.2. The summed E-state index contributed by atoms with van der Waals surface area (Å²) in [4.78, 5) is 0. The van der Waals surface area contributed by atoms with E-state index in [4.69, 9.17) is 40.5 Å². The van der Waals surface area contributed by atoms with Gasteiger partial charge in [-0.2, -0.15) is 0 Å². The first kappa shape index (κ1) is 12.7. The van der Waals surface area contributed by atoms with Crippen LogP contribution in [0.3, 0.4) is 0 Å². The molecule has 0 saturated heterocycles. The van der Waals surface area contributed by atoms with Crippen molar-refractivity contribution >= 4 is 34.8 Å². The first-order valence-corrected chi connectivity index (χ1v) is 6.20. The summed E-state index contributed by atoms with van der Waals surface area (Å²) in [5, 5.41) is 1.22. The van der Waals surface area contributed by atoms with Crippen LogP contribution in [-0.2, 0) is 6.54 Å². The second-order valence-corrected chi connectivity index (χ2v) is 4.75. The van der Waals surface area contributed by atoms with Gasteiger partial charge in [-0.3, -0.25) is 0 Å². The molecule has 0 atom stereocenters. The van der Waals surface area contributed by atoms with Crippen molar-refractivity contribution in [3.63, 3.8) is 0 Å². The van der Waals surface area contributed by atoms with Gasteiger partial charge >= 0.3 is 0 Å². The normalized spacial score (nSPS) is 10.6. The highest BCUT2D eigenvalue weighted by Gasteiger charge is 2.14. The van der Waals surface area contributed by atoms with E-state index in [0.717, 1.165) is 16.7 Å². The van der Waals surface area contributed by atoms with Crippen LogP contribution in [0.4, 0.5) is 0 Å². The fourth-order valence-corrected chi connectivity index (χ4v) is 2.41. The van der Waals surface area contributed by atoms with Crippen LogP contribution in [0.15, 0.2) is 36.4 Å². The number of rotatable bonds is 2. The summed E-state index contributed by atoms with van der Waals surface area (Å²) in [6.07, 6.45) is 0. The standard InChI is InChI=1S/C13H10Cl3N/c14-11-6-9(8-4-2-1-3-5-8)10(7-17)12(15)13(11)16/h1-6H,7,17H2. The SMILES string of the molecule is NCc1c(-c2ccccc2)cc(Cl)c(Cl)c1Cl. The summed E-state index contributed by atoms with van der Waals surface area (Å²) in [6, 6.07) is 11.6. The van der Waals surface area contributed by atoms with E-state index in [1.807, 2.05) is 30.3 Å². The second kappa shape index (κ2) is 5.28. The topological polar surface area (TPSA) is 26.0 Å². The highest BCUT2D eigenvalue weighted by molar-refractivity contribution is 6.48. The molecule has 4 heteroatoms. The smallest absolute Gasteiger partial charge is 0.0782 e. The van der Waals surface area contributed by atoms with E-state index in [1.54, 1.807) is 6.07 Å². The lowest BCUT2D eigenvalue weighted by atomic mass is 9.99. The first-order chi connectivity index (χ1) is 8.15. The Bertz CT molecular complexity index is 538. The molecule has 0 spiro atoms. The summed E-state index contributed by atoms with van der Waals surface area (Å²) in [5.41, 5.74) is 8.48. The monoisotopic (exact) mass is 285 g/mol. The Morgan fingerprint density at radius 1 is 0.941 bits per heavy atom. The molecular formula is C13H10Cl3N. The molecule has 0 aromatic heterocycles. The average molecular weight is 287 g/mol. The van der Waals surface area contributed by atoms with Crippen molar-refractivity contribution in [1.29, 1.82) is 0 Å². The minimum Gasteiger partial charge on any atom is -0.326 e. The lowest BCUT2D eigenvalue weighted by Crippen LogP contribution is -2.01. The first-order valence-electron chi connectivity index (χ1n) is 5.07. The zero-order valence-electron chi connectivity index (χ0n) is 8.88. The van der Waals surface area contributed by atoms with Gasteiger partial charge in [-0.15, -0.1) is 0 Å². The van der Waals surface area contributed by atoms with E-state index >= 15 is 0 Å². The van der Waals surface area contributed by atoms with Gasteiger partial charge in [0.2, 0.25) is 0 Å². The van der Waals surface area contributed by atoms with Crippen LogP contribution in [0.2, 0.25) is 15.1 Å². The minimum atomic E-state index is 0.319. The molecule has 0 fully saturated rings. The Labute approximate surface area is 115 Å². The van der Waals surface area contributed by atoms with Gasteiger partial charge in [-0.25, -0.2) is 0 Å². The van der Waals surface area contributed by atoms with E-state index in [-0.39, 0.29) is 0 Å². The molecule has 0 aliphatic carbocycles. The van der Waals surface area contributed by atoms with Gasteiger partial charge in [0, 0.05) is 6.54 Å². The lowest BCUT2D eigenvalue weighted by molar-refractivity contribution is 1.07. The summed E-state index contributed by atoms with van der Waals surface area (Å²) in [7, 11) is 0. The molecule has 2 aromatic rings. The number of hydrogen-bond donors (Lipinski definition) is 1. The zero-order chi connectivity index (χ0) is 12.4. The number of halogens is 3. The lowest BCUT2D eigenvalue weighted by Gasteiger charge is -2.12. The van der Waals surface area contributed by atoms with Gasteiger partial charge in [0.05, 0.1) is 15.1 Å². The predicted molar refractivity (Wildman–Crippen MR) is 74.8 cm³/mol. The van der Waals surface area contributed by atoms with Crippen LogP contribution >= 0.6 is 34.8 Å². The van der Waals surface area contributed by atoms with Crippen molar-refractivity contribution in [3.05, 3.63) is 57.0 Å². The van der Waals surface area contributed by atoms with Crippen molar-refractivity contribution < 1.29 is 0 Å². The van der Waals surface area contributed by atoms with E-state index < -0.39 is 0 Å². The Morgan fingerprint density at radius 3 is 2.18 bits per heavy atom. The third kappa shape index (κ3) is 2.43. The fraction of sp³-hybridized carbons (Fsp3) is 0.0769. The van der Waals surface area contributed by atoms with Crippen LogP contribution in [-0.4, -0.2) is 0 Å². The molecule has 0 heterocycles. The molecule has 0 radical (unpaired) electrons. The number of hydrogen-bond acceptors (Lipinski definition) is 1. The molecule has 2 rings (SSSR count). The van der Waals surface area contributed by atoms with Gasteiger partial charge in [0.25, 0.3) is 0 Å². The molecule has 0 amide bonds. The van der Waals surface area contributed by atoms with Crippen molar-refractivity contribution in [2.45, 2.75) is 6.54 Å². The van der Waals surface area contributed by atoms with Gasteiger partial charge in [-0.05, 0) is 22.8 Å². The summed E-state index contributed by atoms with van der Waals surface area (Å²) < 4.78 is 0. The van der Waals surface area contributed by atoms with Crippen LogP contribution in [0.25, 0.3) is 11.1 Å². The maximum atomic E-state index is 6.16. The molecule has 2 N–H and O–H groups in total. The minimum absolute atomic E-state index is 0.319. The Morgan fingerprint density at radius 2 is 1.59 bits per heavy atom. The molecule has 0 unspecified atom stereocenters. The van der Waals surface area contributed by atoms with Gasteiger partial charge in [0.1, 0.15) is 0 Å². The summed E-state index contributed by atoms with van der Waals surface area (Å²) in [5.74, 6) is 0. The van der Waals surface area contributed by atoms with Crippen LogP contribution in [0.1, 0.15) is 5.56 Å². The molecule has 0 aliphatic heterocycles. The maximum absolute atomic E-state index is 6.16. The van der Waals surface area contributed by atoms with Crippen LogP contribution in [0, 0.1) is 0 Å². The quantitative estimate of drug-likeness (QED) is 0.791. The molecule has 1 nitrogen and oxygen atoms in total.